The topological polar surface area (TPSA) is 43.4 Å². The summed E-state index contributed by atoms with van der Waals surface area (Å²) >= 11 is 12.1. The molecule has 0 amide bonds. The van der Waals surface area contributed by atoms with Crippen LogP contribution in [0.15, 0.2) is 0 Å². The predicted octanol–water partition coefficient (Wildman–Crippen LogP) is 2.57. The molecule has 1 rings (SSSR count). The largest absolute Gasteiger partial charge is 0.267 e. The monoisotopic (exact) mass is 274 g/mol. The standard InChI is InChI=1S/C9H16Cl2O3S/c1-5-15(12,13)14-6(2)7-8(3,4)9(7,10)11/h6-7H,5H2,1-4H3. The van der Waals surface area contributed by atoms with E-state index in [2.05, 4.69) is 0 Å². The van der Waals surface area contributed by atoms with Crippen LogP contribution < -0.4 is 0 Å². The summed E-state index contributed by atoms with van der Waals surface area (Å²) in [6.07, 6.45) is -0.486. The molecule has 0 spiro atoms. The molecule has 0 heterocycles. The first-order valence-electron chi connectivity index (χ1n) is 4.85. The Morgan fingerprint density at radius 3 is 2.07 bits per heavy atom. The molecule has 90 valence electrons. The van der Waals surface area contributed by atoms with Crippen molar-refractivity contribution in [3.05, 3.63) is 0 Å². The lowest BCUT2D eigenvalue weighted by Crippen LogP contribution is -2.21. The van der Waals surface area contributed by atoms with E-state index in [1.54, 1.807) is 6.92 Å². The zero-order chi connectivity index (χ0) is 12.1. The van der Waals surface area contributed by atoms with Gasteiger partial charge in [-0.1, -0.05) is 13.8 Å². The number of hydrogen-bond acceptors (Lipinski definition) is 3. The minimum absolute atomic E-state index is 0.0396. The summed E-state index contributed by atoms with van der Waals surface area (Å²) in [5, 5.41) is 0. The summed E-state index contributed by atoms with van der Waals surface area (Å²) in [6.45, 7) is 7.02. The zero-order valence-electron chi connectivity index (χ0n) is 9.25. The highest BCUT2D eigenvalue weighted by Gasteiger charge is 2.72. The quantitative estimate of drug-likeness (QED) is 0.585. The normalized spacial score (nSPS) is 29.9. The molecule has 2 unspecified atom stereocenters. The fourth-order valence-electron chi connectivity index (χ4n) is 1.93. The number of rotatable bonds is 4. The fourth-order valence-corrected chi connectivity index (χ4v) is 3.67. The molecule has 6 heteroatoms. The average Bonchev–Trinajstić information content (AvgIpc) is 2.41. The molecule has 0 radical (unpaired) electrons. The average molecular weight is 275 g/mol. The second-order valence-corrected chi connectivity index (χ2v) is 7.74. The molecule has 1 saturated carbocycles. The van der Waals surface area contributed by atoms with Gasteiger partial charge in [0, 0.05) is 11.3 Å². The Morgan fingerprint density at radius 1 is 1.40 bits per heavy atom. The SMILES string of the molecule is CCS(=O)(=O)OC(C)C1C(C)(C)C1(Cl)Cl. The molecular weight excluding hydrogens is 259 g/mol. The van der Waals surface area contributed by atoms with Crippen LogP contribution >= 0.6 is 23.2 Å². The van der Waals surface area contributed by atoms with Crippen LogP contribution in [0, 0.1) is 11.3 Å². The molecule has 0 aromatic carbocycles. The highest BCUT2D eigenvalue weighted by atomic mass is 35.5. The van der Waals surface area contributed by atoms with Gasteiger partial charge in [0.1, 0.15) is 4.33 Å². The van der Waals surface area contributed by atoms with Gasteiger partial charge >= 0.3 is 0 Å². The molecule has 0 N–H and O–H groups in total. The van der Waals surface area contributed by atoms with Crippen molar-refractivity contribution in [2.75, 3.05) is 5.75 Å². The lowest BCUT2D eigenvalue weighted by molar-refractivity contribution is 0.189. The van der Waals surface area contributed by atoms with Gasteiger partial charge in [-0.3, -0.25) is 4.18 Å². The second kappa shape index (κ2) is 3.76. The van der Waals surface area contributed by atoms with Crippen molar-refractivity contribution in [3.8, 4) is 0 Å². The maximum absolute atomic E-state index is 11.3. The van der Waals surface area contributed by atoms with E-state index in [0.717, 1.165) is 0 Å². The molecule has 0 saturated heterocycles. The van der Waals surface area contributed by atoms with Crippen LogP contribution in [0.2, 0.25) is 0 Å². The molecular formula is C9H16Cl2O3S. The van der Waals surface area contributed by atoms with Crippen LogP contribution in [0.4, 0.5) is 0 Å². The van der Waals surface area contributed by atoms with E-state index in [1.165, 1.54) is 6.92 Å². The Kier molecular flexibility index (Phi) is 3.40. The maximum Gasteiger partial charge on any atom is 0.267 e. The first-order valence-corrected chi connectivity index (χ1v) is 7.18. The van der Waals surface area contributed by atoms with Gasteiger partial charge in [-0.15, -0.1) is 23.2 Å². The minimum Gasteiger partial charge on any atom is -0.267 e. The number of hydrogen-bond donors (Lipinski definition) is 0. The Bertz CT molecular complexity index is 334. The lowest BCUT2D eigenvalue weighted by Gasteiger charge is -2.12. The third kappa shape index (κ3) is 2.28. The summed E-state index contributed by atoms with van der Waals surface area (Å²) in [5.74, 6) is -0.197. The Morgan fingerprint density at radius 2 is 1.80 bits per heavy atom. The van der Waals surface area contributed by atoms with E-state index >= 15 is 0 Å². The van der Waals surface area contributed by atoms with Crippen molar-refractivity contribution < 1.29 is 12.6 Å². The van der Waals surface area contributed by atoms with Crippen molar-refractivity contribution in [2.45, 2.75) is 38.1 Å². The van der Waals surface area contributed by atoms with E-state index in [4.69, 9.17) is 27.4 Å². The van der Waals surface area contributed by atoms with Crippen LogP contribution in [0.5, 0.6) is 0 Å². The maximum atomic E-state index is 11.3. The first kappa shape index (κ1) is 13.6. The Hall–Kier alpha value is 0.490. The van der Waals surface area contributed by atoms with E-state index in [1.807, 2.05) is 13.8 Å². The first-order chi connectivity index (χ1) is 6.56. The summed E-state index contributed by atoms with van der Waals surface area (Å²) in [4.78, 5) is 0. The molecule has 2 atom stereocenters. The van der Waals surface area contributed by atoms with Crippen LogP contribution in [-0.4, -0.2) is 24.6 Å². The van der Waals surface area contributed by atoms with Gasteiger partial charge in [0.25, 0.3) is 10.1 Å². The Balaban J connectivity index is 2.71. The summed E-state index contributed by atoms with van der Waals surface area (Å²) < 4.78 is 26.6. The van der Waals surface area contributed by atoms with Gasteiger partial charge in [-0.25, -0.2) is 0 Å². The van der Waals surface area contributed by atoms with Crippen LogP contribution in [0.25, 0.3) is 0 Å². The molecule has 0 aliphatic heterocycles. The number of alkyl halides is 2. The molecule has 0 aromatic heterocycles. The molecule has 15 heavy (non-hydrogen) atoms. The minimum atomic E-state index is -3.44. The molecule has 1 aliphatic rings. The number of halogens is 2. The van der Waals surface area contributed by atoms with Gasteiger partial charge in [0.15, 0.2) is 0 Å². The predicted molar refractivity (Wildman–Crippen MR) is 61.7 cm³/mol. The highest BCUT2D eigenvalue weighted by Crippen LogP contribution is 2.70. The summed E-state index contributed by atoms with van der Waals surface area (Å²) in [5.41, 5.74) is -0.307. The van der Waals surface area contributed by atoms with Gasteiger partial charge < -0.3 is 0 Å². The second-order valence-electron chi connectivity index (χ2n) is 4.47. The van der Waals surface area contributed by atoms with Crippen molar-refractivity contribution in [3.63, 3.8) is 0 Å². The summed E-state index contributed by atoms with van der Waals surface area (Å²) in [6, 6.07) is 0. The molecule has 3 nitrogen and oxygen atoms in total. The highest BCUT2D eigenvalue weighted by molar-refractivity contribution is 7.86. The molecule has 0 aromatic rings. The van der Waals surface area contributed by atoms with Crippen LogP contribution in [-0.2, 0) is 14.3 Å². The van der Waals surface area contributed by atoms with E-state index in [-0.39, 0.29) is 17.1 Å². The Labute approximate surface area is 101 Å². The third-order valence-corrected chi connectivity index (χ3v) is 5.81. The van der Waals surface area contributed by atoms with Crippen LogP contribution in [0.3, 0.4) is 0 Å². The van der Waals surface area contributed by atoms with Crippen molar-refractivity contribution >= 4 is 33.3 Å². The molecule has 1 aliphatic carbocycles. The molecule has 0 bridgehead atoms. The third-order valence-electron chi connectivity index (χ3n) is 3.07. The van der Waals surface area contributed by atoms with E-state index in [0.29, 0.717) is 0 Å². The molecule has 1 fully saturated rings. The smallest absolute Gasteiger partial charge is 0.267 e. The van der Waals surface area contributed by atoms with Gasteiger partial charge in [-0.2, -0.15) is 8.42 Å². The van der Waals surface area contributed by atoms with Crippen molar-refractivity contribution in [1.29, 1.82) is 0 Å². The van der Waals surface area contributed by atoms with Gasteiger partial charge in [0.05, 0.1) is 11.9 Å². The van der Waals surface area contributed by atoms with Gasteiger partial charge in [0.2, 0.25) is 0 Å². The fraction of sp³-hybridized carbons (Fsp3) is 1.00. The van der Waals surface area contributed by atoms with Crippen LogP contribution in [0.1, 0.15) is 27.7 Å². The summed E-state index contributed by atoms with van der Waals surface area (Å²) in [7, 11) is -3.44. The zero-order valence-corrected chi connectivity index (χ0v) is 11.6. The van der Waals surface area contributed by atoms with Crippen molar-refractivity contribution in [1.82, 2.24) is 0 Å². The van der Waals surface area contributed by atoms with E-state index < -0.39 is 20.6 Å². The van der Waals surface area contributed by atoms with Crippen molar-refractivity contribution in [2.24, 2.45) is 11.3 Å². The van der Waals surface area contributed by atoms with Gasteiger partial charge in [-0.05, 0) is 13.8 Å². The lowest BCUT2D eigenvalue weighted by atomic mass is 10.1. The van der Waals surface area contributed by atoms with E-state index in [9.17, 15) is 8.42 Å².